The zero-order valence-corrected chi connectivity index (χ0v) is 34.6. The zero-order valence-electron chi connectivity index (χ0n) is 34.6. The van der Waals surface area contributed by atoms with Crippen molar-refractivity contribution in [2.45, 2.75) is 111 Å². The fourth-order valence-corrected chi connectivity index (χ4v) is 8.33. The number of rotatable bonds is 2. The fraction of sp³-hybridized carbons (Fsp3) is 0.388. The van der Waals surface area contributed by atoms with Gasteiger partial charge < -0.3 is 19.3 Å². The number of hydrogen-bond donors (Lipinski definition) is 0. The van der Waals surface area contributed by atoms with Crippen LogP contribution in [0.1, 0.15) is 112 Å². The van der Waals surface area contributed by atoms with Gasteiger partial charge in [0.25, 0.3) is 6.71 Å². The Morgan fingerprint density at radius 2 is 0.852 bits per heavy atom. The van der Waals surface area contributed by atoms with Crippen molar-refractivity contribution in [2.24, 2.45) is 0 Å². The van der Waals surface area contributed by atoms with Crippen molar-refractivity contribution in [2.75, 3.05) is 23.0 Å². The Labute approximate surface area is 324 Å². The summed E-state index contributed by atoms with van der Waals surface area (Å²) >= 11 is 0. The highest BCUT2D eigenvalue weighted by Crippen LogP contribution is 2.48. The number of anilines is 6. The maximum absolute atomic E-state index is 6.44. The lowest BCUT2D eigenvalue weighted by molar-refractivity contribution is 0.297. The van der Waals surface area contributed by atoms with E-state index in [1.807, 2.05) is 0 Å². The molecule has 8 rings (SSSR count). The smallest absolute Gasteiger partial charge is 0.252 e. The summed E-state index contributed by atoms with van der Waals surface area (Å²) in [6.45, 7) is 28.9. The first kappa shape index (κ1) is 36.3. The van der Waals surface area contributed by atoms with Crippen LogP contribution < -0.4 is 35.7 Å². The minimum absolute atomic E-state index is 0.0105. The molecule has 3 aliphatic rings. The number of benzene rings is 5. The average molecular weight is 717 g/mol. The average Bonchev–Trinajstić information content (AvgIpc) is 3.34. The highest BCUT2D eigenvalue weighted by atomic mass is 16.5. The van der Waals surface area contributed by atoms with Crippen molar-refractivity contribution in [3.8, 4) is 11.5 Å². The van der Waals surface area contributed by atoms with Gasteiger partial charge in [0.1, 0.15) is 0 Å². The Bertz CT molecular complexity index is 2240. The van der Waals surface area contributed by atoms with Gasteiger partial charge in [0.2, 0.25) is 0 Å². The van der Waals surface area contributed by atoms with Gasteiger partial charge in [0.05, 0.1) is 13.2 Å². The molecule has 3 aliphatic heterocycles. The van der Waals surface area contributed by atoms with E-state index in [0.717, 1.165) is 29.3 Å². The maximum atomic E-state index is 6.44. The minimum atomic E-state index is -0.0914. The van der Waals surface area contributed by atoms with Crippen LogP contribution in [-0.4, -0.2) is 19.9 Å². The molecule has 5 heteroatoms. The van der Waals surface area contributed by atoms with Crippen LogP contribution in [0.3, 0.4) is 0 Å². The molecule has 0 amide bonds. The molecular formula is C49H57BN2O2. The predicted octanol–water partition coefficient (Wildman–Crippen LogP) is 11.1. The Morgan fingerprint density at radius 3 is 1.33 bits per heavy atom. The number of nitrogens with zero attached hydrogens (tertiary/aromatic N) is 2. The van der Waals surface area contributed by atoms with Crippen molar-refractivity contribution in [1.82, 2.24) is 0 Å². The first-order chi connectivity index (χ1) is 25.3. The van der Waals surface area contributed by atoms with Crippen molar-refractivity contribution < 1.29 is 9.47 Å². The molecule has 0 atom stereocenters. The van der Waals surface area contributed by atoms with Crippen LogP contribution in [-0.2, 0) is 21.7 Å². The molecule has 5 aromatic carbocycles. The molecule has 5 aromatic rings. The number of fused-ring (bicyclic) bond motifs is 5. The fourth-order valence-electron chi connectivity index (χ4n) is 8.33. The largest absolute Gasteiger partial charge is 0.490 e. The zero-order chi connectivity index (χ0) is 38.5. The standard InChI is InChI=1S/C49H57BN2O2/c1-46(2,3)31-14-19-35(20-15-31)51-39-23-18-33(48(7,8)9)26-37(39)50-38-29-43-44(54-25-13-24-53-43)30-40(38)52(36-21-16-32(17-22-36)47(4,5)6)42-28-34(49(10,11)12)27-41(51)45(42)50/h14-23,26-30H,13,24-25H2,1-12H3. The van der Waals surface area contributed by atoms with Crippen molar-refractivity contribution in [1.29, 1.82) is 0 Å². The highest BCUT2D eigenvalue weighted by Gasteiger charge is 2.45. The molecule has 0 aliphatic carbocycles. The van der Waals surface area contributed by atoms with Crippen LogP contribution in [0, 0.1) is 0 Å². The molecule has 0 spiro atoms. The molecule has 0 radical (unpaired) electrons. The lowest BCUT2D eigenvalue weighted by Crippen LogP contribution is -2.61. The topological polar surface area (TPSA) is 24.9 Å². The molecule has 0 N–H and O–H groups in total. The van der Waals surface area contributed by atoms with Crippen LogP contribution in [0.2, 0.25) is 0 Å². The summed E-state index contributed by atoms with van der Waals surface area (Å²) in [6, 6.07) is 35.2. The molecule has 0 aromatic heterocycles. The van der Waals surface area contributed by atoms with Gasteiger partial charge >= 0.3 is 0 Å². The molecular weight excluding hydrogens is 659 g/mol. The Morgan fingerprint density at radius 1 is 0.426 bits per heavy atom. The number of hydrogen-bond acceptors (Lipinski definition) is 4. The van der Waals surface area contributed by atoms with Crippen LogP contribution in [0.25, 0.3) is 0 Å². The van der Waals surface area contributed by atoms with Gasteiger partial charge in [-0.1, -0.05) is 119 Å². The van der Waals surface area contributed by atoms with Crippen LogP contribution in [0.15, 0.2) is 91.0 Å². The van der Waals surface area contributed by atoms with Gasteiger partial charge in [-0.25, -0.2) is 0 Å². The van der Waals surface area contributed by atoms with Crippen molar-refractivity contribution in [3.05, 3.63) is 113 Å². The second kappa shape index (κ2) is 12.4. The Kier molecular flexibility index (Phi) is 8.38. The number of ether oxygens (including phenoxy) is 2. The van der Waals surface area contributed by atoms with Gasteiger partial charge in [-0.05, 0) is 109 Å². The van der Waals surface area contributed by atoms with E-state index in [0.29, 0.717) is 13.2 Å². The molecule has 0 saturated carbocycles. The minimum Gasteiger partial charge on any atom is -0.490 e. The quantitative estimate of drug-likeness (QED) is 0.166. The van der Waals surface area contributed by atoms with E-state index >= 15 is 0 Å². The molecule has 3 heterocycles. The Hall–Kier alpha value is -4.64. The van der Waals surface area contributed by atoms with Gasteiger partial charge in [-0.15, -0.1) is 0 Å². The second-order valence-corrected chi connectivity index (χ2v) is 19.8. The predicted molar refractivity (Wildman–Crippen MR) is 231 cm³/mol. The summed E-state index contributed by atoms with van der Waals surface area (Å²) in [7, 11) is 0. The Balaban J connectivity index is 1.48. The van der Waals surface area contributed by atoms with E-state index in [4.69, 9.17) is 9.47 Å². The molecule has 278 valence electrons. The van der Waals surface area contributed by atoms with Crippen LogP contribution >= 0.6 is 0 Å². The summed E-state index contributed by atoms with van der Waals surface area (Å²) in [5, 5.41) is 0. The first-order valence-corrected chi connectivity index (χ1v) is 19.9. The highest BCUT2D eigenvalue weighted by molar-refractivity contribution is 7.00. The summed E-state index contributed by atoms with van der Waals surface area (Å²) in [5.74, 6) is 1.65. The van der Waals surface area contributed by atoms with E-state index in [9.17, 15) is 0 Å². The summed E-state index contributed by atoms with van der Waals surface area (Å²) in [5.41, 5.74) is 16.3. The molecule has 54 heavy (non-hydrogen) atoms. The lowest BCUT2D eigenvalue weighted by atomic mass is 9.33. The summed E-state index contributed by atoms with van der Waals surface area (Å²) < 4.78 is 12.9. The SMILES string of the molecule is CC(C)(C)c1ccc(N2c3ccc(C(C)(C)C)cc3B3c4cc5c(cc4N(c4ccc(C(C)(C)C)cc4)c4cc(C(C)(C)C)cc2c43)OCCCO5)cc1. The van der Waals surface area contributed by atoms with E-state index in [-0.39, 0.29) is 28.4 Å². The summed E-state index contributed by atoms with van der Waals surface area (Å²) in [4.78, 5) is 5.04. The first-order valence-electron chi connectivity index (χ1n) is 19.9. The monoisotopic (exact) mass is 716 g/mol. The van der Waals surface area contributed by atoms with Crippen molar-refractivity contribution in [3.63, 3.8) is 0 Å². The maximum Gasteiger partial charge on any atom is 0.252 e. The van der Waals surface area contributed by atoms with E-state index in [1.54, 1.807) is 0 Å². The van der Waals surface area contributed by atoms with Gasteiger partial charge in [-0.2, -0.15) is 0 Å². The van der Waals surface area contributed by atoms with Gasteiger partial charge in [0.15, 0.2) is 11.5 Å². The second-order valence-electron chi connectivity index (χ2n) is 19.8. The molecule has 0 bridgehead atoms. The molecule has 0 fully saturated rings. The molecule has 0 unspecified atom stereocenters. The van der Waals surface area contributed by atoms with Crippen LogP contribution in [0.5, 0.6) is 11.5 Å². The van der Waals surface area contributed by atoms with E-state index in [2.05, 4.69) is 184 Å². The molecule has 0 saturated heterocycles. The van der Waals surface area contributed by atoms with E-state index < -0.39 is 0 Å². The lowest BCUT2D eigenvalue weighted by Gasteiger charge is -2.45. The van der Waals surface area contributed by atoms with Gasteiger partial charge in [0, 0.05) is 46.6 Å². The van der Waals surface area contributed by atoms with E-state index in [1.165, 1.54) is 61.4 Å². The van der Waals surface area contributed by atoms with Crippen molar-refractivity contribution >= 4 is 57.2 Å². The normalized spacial score (nSPS) is 15.4. The van der Waals surface area contributed by atoms with Gasteiger partial charge in [-0.3, -0.25) is 0 Å². The third-order valence-electron chi connectivity index (χ3n) is 11.7. The third-order valence-corrected chi connectivity index (χ3v) is 11.7. The van der Waals surface area contributed by atoms with Crippen LogP contribution in [0.4, 0.5) is 34.1 Å². The molecule has 4 nitrogen and oxygen atoms in total. The summed E-state index contributed by atoms with van der Waals surface area (Å²) in [6.07, 6.45) is 0.862. The third kappa shape index (κ3) is 6.18.